The number of oxazole rings is 1. The lowest BCUT2D eigenvalue weighted by atomic mass is 10.4. The molecule has 0 aromatic carbocycles. The second-order valence-electron chi connectivity index (χ2n) is 2.49. The van der Waals surface area contributed by atoms with E-state index in [9.17, 15) is 5.21 Å². The standard InChI is InChI=1S/C7H9N3O3/c1-8-4-5-7(10(11)3-12-5)13-6(4)9-2/h3,8-9H,1-2H3. The van der Waals surface area contributed by atoms with E-state index in [1.165, 1.54) is 0 Å². The van der Waals surface area contributed by atoms with Crippen molar-refractivity contribution in [3.05, 3.63) is 11.6 Å². The molecule has 2 rings (SSSR count). The van der Waals surface area contributed by atoms with Gasteiger partial charge in [-0.2, -0.15) is 0 Å². The maximum Gasteiger partial charge on any atom is 0.435 e. The van der Waals surface area contributed by atoms with E-state index in [4.69, 9.17) is 8.83 Å². The lowest BCUT2D eigenvalue weighted by Gasteiger charge is -1.96. The van der Waals surface area contributed by atoms with Gasteiger partial charge in [-0.25, -0.2) is 0 Å². The molecule has 0 radical (unpaired) electrons. The predicted molar refractivity (Wildman–Crippen MR) is 46.5 cm³/mol. The van der Waals surface area contributed by atoms with Crippen LogP contribution in [0.15, 0.2) is 15.2 Å². The Bertz CT molecular complexity index is 431. The molecular formula is C7H9N3O3. The Morgan fingerprint density at radius 1 is 1.38 bits per heavy atom. The van der Waals surface area contributed by atoms with E-state index < -0.39 is 0 Å². The molecule has 6 nitrogen and oxygen atoms in total. The van der Waals surface area contributed by atoms with Gasteiger partial charge in [0.15, 0.2) is 0 Å². The van der Waals surface area contributed by atoms with E-state index in [-0.39, 0.29) is 5.71 Å². The average molecular weight is 183 g/mol. The van der Waals surface area contributed by atoms with Crippen molar-refractivity contribution >= 4 is 22.9 Å². The van der Waals surface area contributed by atoms with Gasteiger partial charge in [0.25, 0.3) is 5.58 Å². The Morgan fingerprint density at radius 3 is 2.77 bits per heavy atom. The third-order valence-electron chi connectivity index (χ3n) is 1.79. The molecule has 0 saturated heterocycles. The molecule has 0 unspecified atom stereocenters. The van der Waals surface area contributed by atoms with Crippen molar-refractivity contribution in [2.75, 3.05) is 24.7 Å². The van der Waals surface area contributed by atoms with Crippen molar-refractivity contribution in [2.45, 2.75) is 0 Å². The summed E-state index contributed by atoms with van der Waals surface area (Å²) in [5.74, 6) is 0.487. The molecule has 6 heteroatoms. The molecule has 2 heterocycles. The summed E-state index contributed by atoms with van der Waals surface area (Å²) in [6.45, 7) is 0. The molecule has 13 heavy (non-hydrogen) atoms. The molecule has 0 aliphatic carbocycles. The fraction of sp³-hybridized carbons (Fsp3) is 0.286. The molecule has 70 valence electrons. The summed E-state index contributed by atoms with van der Waals surface area (Å²) in [5, 5.41) is 16.7. The Balaban J connectivity index is 2.74. The molecule has 0 amide bonds. The summed E-state index contributed by atoms with van der Waals surface area (Å²) in [7, 11) is 3.43. The number of rotatable bonds is 2. The van der Waals surface area contributed by atoms with Crippen molar-refractivity contribution in [1.29, 1.82) is 0 Å². The molecule has 0 fully saturated rings. The normalized spacial score (nSPS) is 10.6. The van der Waals surface area contributed by atoms with Crippen LogP contribution in [0.4, 0.5) is 11.6 Å². The van der Waals surface area contributed by atoms with Crippen LogP contribution in [0.3, 0.4) is 0 Å². The Kier molecular flexibility index (Phi) is 1.54. The minimum atomic E-state index is 0.161. The second-order valence-corrected chi connectivity index (χ2v) is 2.49. The third kappa shape index (κ3) is 0.915. The van der Waals surface area contributed by atoms with E-state index in [0.717, 1.165) is 6.39 Å². The Morgan fingerprint density at radius 2 is 2.15 bits per heavy atom. The van der Waals surface area contributed by atoms with E-state index in [1.54, 1.807) is 14.1 Å². The maximum absolute atomic E-state index is 11.0. The van der Waals surface area contributed by atoms with Crippen LogP contribution in [-0.4, -0.2) is 14.1 Å². The highest BCUT2D eigenvalue weighted by Crippen LogP contribution is 2.32. The van der Waals surface area contributed by atoms with E-state index >= 15 is 0 Å². The smallest absolute Gasteiger partial charge is 0.435 e. The van der Waals surface area contributed by atoms with E-state index in [0.29, 0.717) is 21.9 Å². The first-order valence-corrected chi connectivity index (χ1v) is 3.76. The highest BCUT2D eigenvalue weighted by molar-refractivity contribution is 5.89. The summed E-state index contributed by atoms with van der Waals surface area (Å²) in [4.78, 5) is 0. The molecule has 0 saturated carbocycles. The number of fused-ring (bicyclic) bond motifs is 1. The van der Waals surface area contributed by atoms with Crippen molar-refractivity contribution < 1.29 is 13.6 Å². The van der Waals surface area contributed by atoms with Crippen LogP contribution >= 0.6 is 0 Å². The van der Waals surface area contributed by atoms with Gasteiger partial charge in [0.05, 0.1) is 0 Å². The molecule has 2 N–H and O–H groups in total. The second kappa shape index (κ2) is 2.58. The van der Waals surface area contributed by atoms with Gasteiger partial charge in [0.1, 0.15) is 5.69 Å². The van der Waals surface area contributed by atoms with Crippen LogP contribution < -0.4 is 15.4 Å². The van der Waals surface area contributed by atoms with Gasteiger partial charge in [-0.15, -0.1) is 4.73 Å². The summed E-state index contributed by atoms with van der Waals surface area (Å²) < 4.78 is 10.7. The maximum atomic E-state index is 11.0. The molecule has 0 atom stereocenters. The predicted octanol–water partition coefficient (Wildman–Crippen LogP) is 0.743. The first kappa shape index (κ1) is 7.78. The highest BCUT2D eigenvalue weighted by Gasteiger charge is 2.22. The number of furan rings is 1. The SMILES string of the molecule is CNc1oc2c(oc[n+]2[O-])c1NC. The minimum Gasteiger partial charge on any atom is -0.614 e. The molecule has 2 aromatic heterocycles. The lowest BCUT2D eigenvalue weighted by Crippen LogP contribution is -2.21. The summed E-state index contributed by atoms with van der Waals surface area (Å²) in [5.41, 5.74) is 1.22. The molecule has 0 spiro atoms. The average Bonchev–Trinajstić information content (AvgIpc) is 2.65. The Hall–Kier alpha value is -1.85. The largest absolute Gasteiger partial charge is 0.614 e. The fourth-order valence-corrected chi connectivity index (χ4v) is 1.21. The van der Waals surface area contributed by atoms with Gasteiger partial charge in [0, 0.05) is 14.1 Å². The van der Waals surface area contributed by atoms with Crippen molar-refractivity contribution in [2.24, 2.45) is 0 Å². The molecule has 0 aliphatic heterocycles. The molecule has 0 aliphatic rings. The number of nitrogens with one attached hydrogen (secondary N) is 2. The van der Waals surface area contributed by atoms with Crippen LogP contribution in [0.25, 0.3) is 11.3 Å². The van der Waals surface area contributed by atoms with Crippen LogP contribution in [-0.2, 0) is 0 Å². The van der Waals surface area contributed by atoms with Crippen LogP contribution in [0, 0.1) is 5.21 Å². The first-order chi connectivity index (χ1) is 6.27. The topological polar surface area (TPSA) is 77.3 Å². The van der Waals surface area contributed by atoms with Gasteiger partial charge >= 0.3 is 12.1 Å². The quantitative estimate of drug-likeness (QED) is 0.530. The zero-order valence-electron chi connectivity index (χ0n) is 7.25. The van der Waals surface area contributed by atoms with Crippen molar-refractivity contribution in [1.82, 2.24) is 0 Å². The number of anilines is 2. The molecule has 2 aromatic rings. The minimum absolute atomic E-state index is 0.161. The van der Waals surface area contributed by atoms with Crippen LogP contribution in [0.1, 0.15) is 0 Å². The number of hydrogen-bond donors (Lipinski definition) is 2. The van der Waals surface area contributed by atoms with Gasteiger partial charge < -0.3 is 24.7 Å². The Labute approximate surface area is 73.7 Å². The van der Waals surface area contributed by atoms with Crippen molar-refractivity contribution in [3.8, 4) is 0 Å². The highest BCUT2D eigenvalue weighted by atomic mass is 16.5. The van der Waals surface area contributed by atoms with Gasteiger partial charge in [-0.3, -0.25) is 0 Å². The number of hydrogen-bond acceptors (Lipinski definition) is 5. The van der Waals surface area contributed by atoms with Crippen LogP contribution in [0.2, 0.25) is 0 Å². The van der Waals surface area contributed by atoms with E-state index in [2.05, 4.69) is 10.6 Å². The fourth-order valence-electron chi connectivity index (χ4n) is 1.21. The monoisotopic (exact) mass is 183 g/mol. The van der Waals surface area contributed by atoms with Crippen molar-refractivity contribution in [3.63, 3.8) is 0 Å². The summed E-state index contributed by atoms with van der Waals surface area (Å²) in [6.07, 6.45) is 1.05. The third-order valence-corrected chi connectivity index (χ3v) is 1.79. The van der Waals surface area contributed by atoms with Gasteiger partial charge in [0.2, 0.25) is 5.88 Å². The number of aromatic nitrogens is 1. The summed E-state index contributed by atoms with van der Waals surface area (Å²) >= 11 is 0. The molecular weight excluding hydrogens is 174 g/mol. The van der Waals surface area contributed by atoms with Gasteiger partial charge in [-0.1, -0.05) is 0 Å². The van der Waals surface area contributed by atoms with E-state index in [1.807, 2.05) is 0 Å². The zero-order valence-corrected chi connectivity index (χ0v) is 7.25. The van der Waals surface area contributed by atoms with Gasteiger partial charge in [-0.05, 0) is 0 Å². The molecule has 0 bridgehead atoms. The summed E-state index contributed by atoms with van der Waals surface area (Å²) in [6, 6.07) is 0. The number of nitrogens with zero attached hydrogens (tertiary/aromatic N) is 1. The zero-order chi connectivity index (χ0) is 9.42. The first-order valence-electron chi connectivity index (χ1n) is 3.76. The van der Waals surface area contributed by atoms with Crippen LogP contribution in [0.5, 0.6) is 0 Å². The lowest BCUT2D eigenvalue weighted by molar-refractivity contribution is -0.590.